The molecule has 0 saturated carbocycles. The topological polar surface area (TPSA) is 111 Å². The normalized spacial score (nSPS) is 14.4. The van der Waals surface area contributed by atoms with Crippen molar-refractivity contribution in [3.05, 3.63) is 54.3 Å². The predicted molar refractivity (Wildman–Crippen MR) is 110 cm³/mol. The number of carbonyl (C=O) groups excluding carboxylic acids is 2. The van der Waals surface area contributed by atoms with E-state index in [4.69, 9.17) is 13.7 Å². The molecule has 0 radical (unpaired) electrons. The number of benzene rings is 1. The average molecular weight is 424 g/mol. The Bertz CT molecular complexity index is 1000. The van der Waals surface area contributed by atoms with Crippen LogP contribution in [-0.2, 0) is 11.2 Å². The molecule has 1 fully saturated rings. The number of nitrogens with zero attached hydrogens (tertiary/aromatic N) is 3. The third-order valence-corrected chi connectivity index (χ3v) is 5.26. The van der Waals surface area contributed by atoms with Crippen LogP contribution in [0.15, 0.2) is 51.6 Å². The van der Waals surface area contributed by atoms with E-state index in [9.17, 15) is 9.59 Å². The molecule has 3 heterocycles. The molecule has 9 heteroatoms. The first-order chi connectivity index (χ1) is 15.1. The van der Waals surface area contributed by atoms with Crippen LogP contribution in [0.3, 0.4) is 0 Å². The molecular formula is C22H24N4O5. The van der Waals surface area contributed by atoms with E-state index >= 15 is 0 Å². The van der Waals surface area contributed by atoms with E-state index in [0.717, 1.165) is 11.3 Å². The summed E-state index contributed by atoms with van der Waals surface area (Å²) in [4.78, 5) is 30.7. The van der Waals surface area contributed by atoms with Crippen LogP contribution in [-0.4, -0.2) is 53.1 Å². The van der Waals surface area contributed by atoms with Gasteiger partial charge in [0.15, 0.2) is 5.76 Å². The SMILES string of the molecule is COc1ccc(-c2noc(CCC(=O)NC3CCN(C(=O)c4ccco4)CC3)n2)cc1. The molecule has 9 nitrogen and oxygen atoms in total. The Hall–Kier alpha value is -3.62. The Morgan fingerprint density at radius 2 is 1.97 bits per heavy atom. The van der Waals surface area contributed by atoms with Crippen LogP contribution in [0, 0.1) is 0 Å². The number of rotatable bonds is 7. The molecule has 2 amide bonds. The molecule has 1 N–H and O–H groups in total. The maximum absolute atomic E-state index is 12.3. The van der Waals surface area contributed by atoms with Gasteiger partial charge in [-0.3, -0.25) is 9.59 Å². The molecule has 1 saturated heterocycles. The van der Waals surface area contributed by atoms with Crippen LogP contribution in [0.5, 0.6) is 5.75 Å². The van der Waals surface area contributed by atoms with Gasteiger partial charge in [0.25, 0.3) is 5.91 Å². The maximum atomic E-state index is 12.3. The van der Waals surface area contributed by atoms with Gasteiger partial charge in [0.1, 0.15) is 5.75 Å². The lowest BCUT2D eigenvalue weighted by atomic mass is 10.0. The smallest absolute Gasteiger partial charge is 0.289 e. The molecule has 0 aliphatic carbocycles. The average Bonchev–Trinajstić information content (AvgIpc) is 3.50. The van der Waals surface area contributed by atoms with E-state index in [1.54, 1.807) is 24.1 Å². The second-order valence-corrected chi connectivity index (χ2v) is 7.35. The van der Waals surface area contributed by atoms with Gasteiger partial charge in [0, 0.05) is 37.5 Å². The fourth-order valence-corrected chi connectivity index (χ4v) is 3.52. The van der Waals surface area contributed by atoms with Gasteiger partial charge in [0.2, 0.25) is 17.6 Å². The molecule has 1 aliphatic rings. The molecule has 0 bridgehead atoms. The summed E-state index contributed by atoms with van der Waals surface area (Å²) in [6.07, 6.45) is 3.53. The minimum absolute atomic E-state index is 0.0469. The number of likely N-dealkylation sites (tertiary alicyclic amines) is 1. The van der Waals surface area contributed by atoms with Gasteiger partial charge in [-0.15, -0.1) is 0 Å². The first kappa shape index (κ1) is 20.6. The van der Waals surface area contributed by atoms with Gasteiger partial charge in [-0.1, -0.05) is 5.16 Å². The highest BCUT2D eigenvalue weighted by Gasteiger charge is 2.25. The number of nitrogens with one attached hydrogen (secondary N) is 1. The predicted octanol–water partition coefficient (Wildman–Crippen LogP) is 2.69. The summed E-state index contributed by atoms with van der Waals surface area (Å²) in [5.41, 5.74) is 0.816. The molecule has 3 aromatic rings. The Morgan fingerprint density at radius 1 is 1.19 bits per heavy atom. The third-order valence-electron chi connectivity index (χ3n) is 5.26. The third kappa shape index (κ3) is 5.11. The quantitative estimate of drug-likeness (QED) is 0.621. The molecule has 1 aliphatic heterocycles. The van der Waals surface area contributed by atoms with Crippen LogP contribution in [0.1, 0.15) is 35.7 Å². The zero-order valence-electron chi connectivity index (χ0n) is 17.2. The first-order valence-electron chi connectivity index (χ1n) is 10.2. The molecule has 1 aromatic carbocycles. The number of aromatic nitrogens is 2. The van der Waals surface area contributed by atoms with Gasteiger partial charge in [-0.2, -0.15) is 4.98 Å². The monoisotopic (exact) mass is 424 g/mol. The Morgan fingerprint density at radius 3 is 2.65 bits per heavy atom. The summed E-state index contributed by atoms with van der Waals surface area (Å²) < 4.78 is 15.6. The number of carbonyl (C=O) groups is 2. The van der Waals surface area contributed by atoms with Crippen LogP contribution in [0.4, 0.5) is 0 Å². The van der Waals surface area contributed by atoms with Crippen LogP contribution in [0.2, 0.25) is 0 Å². The van der Waals surface area contributed by atoms with Crippen molar-refractivity contribution in [3.8, 4) is 17.1 Å². The first-order valence-corrected chi connectivity index (χ1v) is 10.2. The van der Waals surface area contributed by atoms with Crippen molar-refractivity contribution >= 4 is 11.8 Å². The van der Waals surface area contributed by atoms with E-state index in [1.165, 1.54) is 6.26 Å². The Kier molecular flexibility index (Phi) is 6.30. The zero-order chi connectivity index (χ0) is 21.6. The van der Waals surface area contributed by atoms with Crippen molar-refractivity contribution in [1.82, 2.24) is 20.4 Å². The lowest BCUT2D eigenvalue weighted by Gasteiger charge is -2.31. The van der Waals surface area contributed by atoms with Gasteiger partial charge < -0.3 is 23.9 Å². The highest BCUT2D eigenvalue weighted by molar-refractivity contribution is 5.91. The Balaban J connectivity index is 1.21. The second-order valence-electron chi connectivity index (χ2n) is 7.35. The summed E-state index contributed by atoms with van der Waals surface area (Å²) in [5, 5.41) is 7.01. The second kappa shape index (κ2) is 9.46. The number of hydrogen-bond acceptors (Lipinski definition) is 7. The van der Waals surface area contributed by atoms with Crippen LogP contribution < -0.4 is 10.1 Å². The molecule has 31 heavy (non-hydrogen) atoms. The number of ether oxygens (including phenoxy) is 1. The molecule has 162 valence electrons. The van der Waals surface area contributed by atoms with Crippen molar-refractivity contribution in [1.29, 1.82) is 0 Å². The van der Waals surface area contributed by atoms with Crippen molar-refractivity contribution in [2.75, 3.05) is 20.2 Å². The van der Waals surface area contributed by atoms with E-state index in [-0.39, 0.29) is 24.3 Å². The standard InChI is InChI=1S/C22H24N4O5/c1-29-17-6-4-15(5-7-17)21-24-20(31-25-21)9-8-19(27)23-16-10-12-26(13-11-16)22(28)18-3-2-14-30-18/h2-7,14,16H,8-13H2,1H3,(H,23,27). The van der Waals surface area contributed by atoms with E-state index in [1.807, 2.05) is 24.3 Å². The highest BCUT2D eigenvalue weighted by atomic mass is 16.5. The van der Waals surface area contributed by atoms with Gasteiger partial charge in [0.05, 0.1) is 13.4 Å². The van der Waals surface area contributed by atoms with Crippen LogP contribution in [0.25, 0.3) is 11.4 Å². The van der Waals surface area contributed by atoms with Crippen molar-refractivity contribution in [2.24, 2.45) is 0 Å². The number of methoxy groups -OCH3 is 1. The van der Waals surface area contributed by atoms with E-state index in [2.05, 4.69) is 15.5 Å². The summed E-state index contributed by atoms with van der Waals surface area (Å²) in [6.45, 7) is 1.17. The lowest BCUT2D eigenvalue weighted by molar-refractivity contribution is -0.122. The fraction of sp³-hybridized carbons (Fsp3) is 0.364. The number of amides is 2. The molecule has 0 unspecified atom stereocenters. The molecule has 4 rings (SSSR count). The number of aryl methyl sites for hydroxylation is 1. The maximum Gasteiger partial charge on any atom is 0.289 e. The molecular weight excluding hydrogens is 400 g/mol. The Labute approximate surface area is 179 Å². The van der Waals surface area contributed by atoms with Gasteiger partial charge in [-0.25, -0.2) is 0 Å². The summed E-state index contributed by atoms with van der Waals surface area (Å²) in [5.74, 6) is 1.81. The number of hydrogen-bond donors (Lipinski definition) is 1. The lowest BCUT2D eigenvalue weighted by Crippen LogP contribution is -2.46. The van der Waals surface area contributed by atoms with Gasteiger partial charge in [-0.05, 0) is 49.2 Å². The summed E-state index contributed by atoms with van der Waals surface area (Å²) >= 11 is 0. The van der Waals surface area contributed by atoms with Crippen molar-refractivity contribution in [3.63, 3.8) is 0 Å². The molecule has 0 spiro atoms. The summed E-state index contributed by atoms with van der Waals surface area (Å²) in [6, 6.07) is 10.8. The van der Waals surface area contributed by atoms with Crippen molar-refractivity contribution < 1.29 is 23.3 Å². The largest absolute Gasteiger partial charge is 0.497 e. The van der Waals surface area contributed by atoms with E-state index < -0.39 is 0 Å². The highest BCUT2D eigenvalue weighted by Crippen LogP contribution is 2.20. The summed E-state index contributed by atoms with van der Waals surface area (Å²) in [7, 11) is 1.61. The van der Waals surface area contributed by atoms with Crippen LogP contribution >= 0.6 is 0 Å². The van der Waals surface area contributed by atoms with Gasteiger partial charge >= 0.3 is 0 Å². The fourth-order valence-electron chi connectivity index (χ4n) is 3.52. The van der Waals surface area contributed by atoms with E-state index in [0.29, 0.717) is 49.8 Å². The minimum atomic E-state index is -0.112. The zero-order valence-corrected chi connectivity index (χ0v) is 17.2. The minimum Gasteiger partial charge on any atom is -0.497 e. The number of piperidine rings is 1. The molecule has 2 aromatic heterocycles. The number of furan rings is 1. The molecule has 0 atom stereocenters. The van der Waals surface area contributed by atoms with Crippen molar-refractivity contribution in [2.45, 2.75) is 31.7 Å².